The summed E-state index contributed by atoms with van der Waals surface area (Å²) in [7, 11) is -2.34. The Hall–Kier alpha value is -1.46. The van der Waals surface area contributed by atoms with Crippen molar-refractivity contribution in [1.29, 1.82) is 0 Å². The second kappa shape index (κ2) is 12.8. The molecule has 0 aromatic carbocycles. The third-order valence-electron chi connectivity index (χ3n) is 2.88. The molecule has 1 radical (unpaired) electrons. The second-order valence-electron chi connectivity index (χ2n) is 6.88. The van der Waals surface area contributed by atoms with Crippen molar-refractivity contribution in [1.82, 2.24) is 0 Å². The van der Waals surface area contributed by atoms with Crippen molar-refractivity contribution in [3.05, 3.63) is 12.2 Å². The highest BCUT2D eigenvalue weighted by molar-refractivity contribution is 6.77. The Kier molecular flexibility index (Phi) is 12.1. The van der Waals surface area contributed by atoms with Crippen LogP contribution in [-0.4, -0.2) is 55.1 Å². The van der Waals surface area contributed by atoms with Crippen LogP contribution in [0.2, 0.25) is 32.2 Å². The molecule has 0 aromatic rings. The molecule has 0 heterocycles. The molecule has 0 unspecified atom stereocenters. The Labute approximate surface area is 158 Å². The summed E-state index contributed by atoms with van der Waals surface area (Å²) in [5, 5.41) is 0. The summed E-state index contributed by atoms with van der Waals surface area (Å²) in [5.74, 6) is -1.49. The van der Waals surface area contributed by atoms with Gasteiger partial charge in [-0.25, -0.2) is 4.79 Å². The van der Waals surface area contributed by atoms with Crippen molar-refractivity contribution in [2.24, 2.45) is 0 Å². The van der Waals surface area contributed by atoms with E-state index in [4.69, 9.17) is 18.3 Å². The van der Waals surface area contributed by atoms with E-state index in [1.807, 2.05) is 0 Å². The van der Waals surface area contributed by atoms with Crippen LogP contribution in [0.25, 0.3) is 0 Å². The first-order valence-corrected chi connectivity index (χ1v) is 14.2. The minimum absolute atomic E-state index is 0.0280. The Morgan fingerprint density at radius 2 is 1.42 bits per heavy atom. The van der Waals surface area contributed by atoms with Crippen LogP contribution in [0.5, 0.6) is 0 Å². The zero-order valence-electron chi connectivity index (χ0n) is 16.5. The highest BCUT2D eigenvalue weighted by Crippen LogP contribution is 2.09. The predicted octanol–water partition coefficient (Wildman–Crippen LogP) is 2.84. The molecule has 0 aliphatic heterocycles. The summed E-state index contributed by atoms with van der Waals surface area (Å²) in [6.07, 6.45) is 0.675. The summed E-state index contributed by atoms with van der Waals surface area (Å²) in [6.45, 7) is 13.8. The maximum absolute atomic E-state index is 11.6. The Bertz CT molecular complexity index is 486. The zero-order valence-corrected chi connectivity index (χ0v) is 18.5. The lowest BCUT2D eigenvalue weighted by Crippen LogP contribution is -2.33. The van der Waals surface area contributed by atoms with Crippen molar-refractivity contribution in [3.63, 3.8) is 0 Å². The minimum atomic E-state index is -1.50. The van der Waals surface area contributed by atoms with Gasteiger partial charge in [0.2, 0.25) is 0 Å². The largest absolute Gasteiger partial charge is 0.466 e. The van der Waals surface area contributed by atoms with Gasteiger partial charge in [0.25, 0.3) is 0 Å². The van der Waals surface area contributed by atoms with Crippen molar-refractivity contribution < 1.29 is 32.7 Å². The summed E-state index contributed by atoms with van der Waals surface area (Å²) >= 11 is 0. The molecule has 0 saturated carbocycles. The summed E-state index contributed by atoms with van der Waals surface area (Å²) < 4.78 is 20.7. The quantitative estimate of drug-likeness (QED) is 0.154. The van der Waals surface area contributed by atoms with Crippen molar-refractivity contribution >= 4 is 35.3 Å². The topological polar surface area (TPSA) is 88.1 Å². The fourth-order valence-electron chi connectivity index (χ4n) is 1.84. The van der Waals surface area contributed by atoms with Gasteiger partial charge in [0.1, 0.15) is 13.2 Å². The van der Waals surface area contributed by atoms with Crippen LogP contribution in [-0.2, 0) is 32.7 Å². The average Bonchev–Trinajstić information content (AvgIpc) is 2.51. The average molecular weight is 404 g/mol. The molecule has 26 heavy (non-hydrogen) atoms. The molecule has 9 heteroatoms. The van der Waals surface area contributed by atoms with Gasteiger partial charge in [0, 0.05) is 5.57 Å². The highest BCUT2D eigenvalue weighted by atomic mass is 28.4. The number of carbonyl (C=O) groups is 3. The molecule has 0 saturated heterocycles. The Balaban J connectivity index is 3.68. The van der Waals surface area contributed by atoms with E-state index in [1.54, 1.807) is 0 Å². The van der Waals surface area contributed by atoms with Gasteiger partial charge in [0.15, 0.2) is 17.4 Å². The van der Waals surface area contributed by atoms with Gasteiger partial charge in [-0.3, -0.25) is 9.59 Å². The van der Waals surface area contributed by atoms with Crippen molar-refractivity contribution in [2.45, 2.75) is 58.4 Å². The first kappa shape index (κ1) is 24.5. The third kappa shape index (κ3) is 14.9. The standard InChI is InChI=1S/C17H31O7Si2/c1-14(2)17(20)23-12-11-22-16(19)9-8-15(18)21-10-7-13-25(3)24-26(4,5)6/h1,7-13H2,2-6H3. The fraction of sp³-hybridized carbons (Fsp3) is 0.706. The molecular formula is C17H31O7Si2. The third-order valence-corrected chi connectivity index (χ3v) is 7.78. The van der Waals surface area contributed by atoms with Crippen LogP contribution < -0.4 is 0 Å². The number of esters is 3. The van der Waals surface area contributed by atoms with Crippen LogP contribution in [0.4, 0.5) is 0 Å². The maximum atomic E-state index is 11.6. The number of carbonyl (C=O) groups excluding carboxylic acids is 3. The van der Waals surface area contributed by atoms with E-state index in [0.717, 1.165) is 12.5 Å². The predicted molar refractivity (Wildman–Crippen MR) is 102 cm³/mol. The molecule has 0 fully saturated rings. The van der Waals surface area contributed by atoms with E-state index >= 15 is 0 Å². The fourth-order valence-corrected chi connectivity index (χ4v) is 7.07. The SMILES string of the molecule is C=C(C)C(=O)OCCOC(=O)CCC(=O)OCCC[Si](C)O[Si](C)(C)C. The molecular weight excluding hydrogens is 372 g/mol. The van der Waals surface area contributed by atoms with Gasteiger partial charge in [-0.2, -0.15) is 0 Å². The van der Waals surface area contributed by atoms with E-state index in [-0.39, 0.29) is 31.6 Å². The number of rotatable bonds is 13. The summed E-state index contributed by atoms with van der Waals surface area (Å²) in [5.41, 5.74) is 0.280. The summed E-state index contributed by atoms with van der Waals surface area (Å²) in [4.78, 5) is 34.2. The van der Waals surface area contributed by atoms with E-state index in [9.17, 15) is 14.4 Å². The van der Waals surface area contributed by atoms with Gasteiger partial charge in [-0.15, -0.1) is 0 Å². The lowest BCUT2D eigenvalue weighted by Gasteiger charge is -2.22. The molecule has 0 N–H and O–H groups in total. The molecule has 0 aliphatic carbocycles. The molecule has 0 aliphatic rings. The molecule has 0 bridgehead atoms. The van der Waals surface area contributed by atoms with Crippen LogP contribution in [0.15, 0.2) is 12.2 Å². The van der Waals surface area contributed by atoms with Gasteiger partial charge in [0.05, 0.1) is 19.4 Å². The van der Waals surface area contributed by atoms with Crippen LogP contribution in [0.1, 0.15) is 26.2 Å². The normalized spacial score (nSPS) is 11.2. The molecule has 0 spiro atoms. The van der Waals surface area contributed by atoms with Gasteiger partial charge < -0.3 is 18.3 Å². The van der Waals surface area contributed by atoms with Gasteiger partial charge in [-0.05, 0) is 45.6 Å². The van der Waals surface area contributed by atoms with Crippen LogP contribution in [0.3, 0.4) is 0 Å². The van der Waals surface area contributed by atoms with E-state index in [0.29, 0.717) is 6.61 Å². The molecule has 149 valence electrons. The Morgan fingerprint density at radius 3 is 1.92 bits per heavy atom. The monoisotopic (exact) mass is 403 g/mol. The minimum Gasteiger partial charge on any atom is -0.466 e. The van der Waals surface area contributed by atoms with Gasteiger partial charge >= 0.3 is 17.9 Å². The molecule has 0 amide bonds. The highest BCUT2D eigenvalue weighted by Gasteiger charge is 2.19. The molecule has 0 aromatic heterocycles. The number of hydrogen-bond acceptors (Lipinski definition) is 7. The van der Waals surface area contributed by atoms with Crippen molar-refractivity contribution in [2.75, 3.05) is 19.8 Å². The van der Waals surface area contributed by atoms with Crippen LogP contribution >= 0.6 is 0 Å². The first-order chi connectivity index (χ1) is 12.0. The van der Waals surface area contributed by atoms with E-state index in [2.05, 4.69) is 32.8 Å². The van der Waals surface area contributed by atoms with Crippen LogP contribution in [0, 0.1) is 0 Å². The zero-order chi connectivity index (χ0) is 20.2. The lowest BCUT2D eigenvalue weighted by atomic mass is 10.3. The lowest BCUT2D eigenvalue weighted by molar-refractivity contribution is -0.153. The second-order valence-corrected chi connectivity index (χ2v) is 13.8. The smallest absolute Gasteiger partial charge is 0.333 e. The Morgan fingerprint density at radius 1 is 0.923 bits per heavy atom. The number of ether oxygens (including phenoxy) is 3. The molecule has 0 atom stereocenters. The first-order valence-electron chi connectivity index (χ1n) is 8.66. The van der Waals surface area contributed by atoms with Gasteiger partial charge in [-0.1, -0.05) is 6.58 Å². The van der Waals surface area contributed by atoms with E-state index in [1.165, 1.54) is 6.92 Å². The number of hydrogen-bond donors (Lipinski definition) is 0. The summed E-state index contributed by atoms with van der Waals surface area (Å²) in [6, 6.07) is 0.924. The maximum Gasteiger partial charge on any atom is 0.333 e. The molecule has 0 rings (SSSR count). The molecule has 7 nitrogen and oxygen atoms in total. The van der Waals surface area contributed by atoms with Crippen molar-refractivity contribution in [3.8, 4) is 0 Å². The van der Waals surface area contributed by atoms with E-state index < -0.39 is 35.3 Å².